The number of anilines is 1. The summed E-state index contributed by atoms with van der Waals surface area (Å²) in [6.45, 7) is -0.0360. The number of H-pyrrole nitrogens is 1. The van der Waals surface area contributed by atoms with Crippen LogP contribution in [-0.4, -0.2) is 39.7 Å². The van der Waals surface area contributed by atoms with E-state index in [2.05, 4.69) is 25.9 Å². The molecule has 3 aromatic carbocycles. The average molecular weight is 532 g/mol. The maximum atomic E-state index is 13.8. The highest BCUT2D eigenvalue weighted by Gasteiger charge is 2.28. The summed E-state index contributed by atoms with van der Waals surface area (Å²) in [5.41, 5.74) is 1.91. The van der Waals surface area contributed by atoms with E-state index in [1.165, 1.54) is 25.6 Å². The molecule has 1 aromatic heterocycles. The van der Waals surface area contributed by atoms with Crippen LogP contribution >= 0.6 is 15.9 Å². The molecule has 8 nitrogen and oxygen atoms in total. The Morgan fingerprint density at radius 3 is 2.15 bits per heavy atom. The summed E-state index contributed by atoms with van der Waals surface area (Å²) < 4.78 is 45.9. The smallest absolute Gasteiger partial charge is 0.264 e. The molecule has 172 valence electrons. The van der Waals surface area contributed by atoms with Crippen LogP contribution < -0.4 is 18.5 Å². The van der Waals surface area contributed by atoms with Crippen molar-refractivity contribution in [3.63, 3.8) is 0 Å². The predicted octanol–water partition coefficient (Wildman–Crippen LogP) is 4.75. The summed E-state index contributed by atoms with van der Waals surface area (Å²) in [4.78, 5) is 7.89. The van der Waals surface area contributed by atoms with Gasteiger partial charge in [0, 0.05) is 16.6 Å². The molecular formula is C23H22BrN3O5S. The van der Waals surface area contributed by atoms with E-state index in [-0.39, 0.29) is 11.4 Å². The molecule has 0 amide bonds. The number of hydrogen-bond acceptors (Lipinski definition) is 6. The number of ether oxygens (including phenoxy) is 3. The van der Waals surface area contributed by atoms with Gasteiger partial charge in [-0.2, -0.15) is 0 Å². The molecular weight excluding hydrogens is 510 g/mol. The van der Waals surface area contributed by atoms with Crippen molar-refractivity contribution >= 4 is 42.7 Å². The molecule has 0 bridgehead atoms. The van der Waals surface area contributed by atoms with Crippen molar-refractivity contribution in [3.05, 3.63) is 71.0 Å². The first-order valence-corrected chi connectivity index (χ1v) is 12.1. The molecule has 0 fully saturated rings. The van der Waals surface area contributed by atoms with Gasteiger partial charge >= 0.3 is 0 Å². The third-order valence-corrected chi connectivity index (χ3v) is 7.39. The lowest BCUT2D eigenvalue weighted by atomic mass is 10.2. The second-order valence-electron chi connectivity index (χ2n) is 7.05. The summed E-state index contributed by atoms with van der Waals surface area (Å²) in [7, 11) is 0.475. The van der Waals surface area contributed by atoms with E-state index in [4.69, 9.17) is 14.2 Å². The van der Waals surface area contributed by atoms with Crippen LogP contribution in [0.3, 0.4) is 0 Å². The van der Waals surface area contributed by atoms with Gasteiger partial charge in [0.1, 0.15) is 5.82 Å². The molecule has 0 aliphatic carbocycles. The Bertz CT molecular complexity index is 1330. The van der Waals surface area contributed by atoms with E-state index in [1.807, 2.05) is 24.3 Å². The number of fused-ring (bicyclic) bond motifs is 1. The van der Waals surface area contributed by atoms with Crippen LogP contribution in [0.1, 0.15) is 5.82 Å². The zero-order chi connectivity index (χ0) is 23.6. The Morgan fingerprint density at radius 1 is 0.939 bits per heavy atom. The zero-order valence-electron chi connectivity index (χ0n) is 18.2. The molecule has 1 N–H and O–H groups in total. The van der Waals surface area contributed by atoms with Gasteiger partial charge in [0.15, 0.2) is 11.5 Å². The molecule has 0 aliphatic heterocycles. The maximum Gasteiger partial charge on any atom is 0.264 e. The van der Waals surface area contributed by atoms with Crippen LogP contribution in [0.5, 0.6) is 17.2 Å². The number of aromatic amines is 1. The SMILES string of the molecule is COc1cc(N(Cc2nc3ccccc3[nH]2)S(=O)(=O)c2ccc(Br)cc2)cc(OC)c1OC. The van der Waals surface area contributed by atoms with Crippen molar-refractivity contribution in [2.24, 2.45) is 0 Å². The van der Waals surface area contributed by atoms with Gasteiger partial charge < -0.3 is 19.2 Å². The lowest BCUT2D eigenvalue weighted by molar-refractivity contribution is 0.324. The van der Waals surface area contributed by atoms with Crippen LogP contribution in [0.2, 0.25) is 0 Å². The zero-order valence-corrected chi connectivity index (χ0v) is 20.6. The Morgan fingerprint density at radius 2 is 1.58 bits per heavy atom. The monoisotopic (exact) mass is 531 g/mol. The van der Waals surface area contributed by atoms with E-state index in [0.717, 1.165) is 15.5 Å². The third kappa shape index (κ3) is 4.49. The summed E-state index contributed by atoms with van der Waals surface area (Å²) in [6, 6.07) is 17.2. The van der Waals surface area contributed by atoms with E-state index >= 15 is 0 Å². The van der Waals surface area contributed by atoms with Crippen LogP contribution in [0, 0.1) is 0 Å². The Kier molecular flexibility index (Phi) is 6.48. The van der Waals surface area contributed by atoms with Crippen molar-refractivity contribution in [2.75, 3.05) is 25.6 Å². The van der Waals surface area contributed by atoms with Crippen molar-refractivity contribution in [1.29, 1.82) is 0 Å². The van der Waals surface area contributed by atoms with Gasteiger partial charge in [-0.3, -0.25) is 4.31 Å². The molecule has 0 saturated heterocycles. The topological polar surface area (TPSA) is 93.8 Å². The largest absolute Gasteiger partial charge is 0.493 e. The van der Waals surface area contributed by atoms with Crippen LogP contribution in [0.15, 0.2) is 70.0 Å². The Hall–Kier alpha value is -3.24. The Labute approximate surface area is 200 Å². The molecule has 4 aromatic rings. The number of hydrogen-bond donors (Lipinski definition) is 1. The molecule has 0 radical (unpaired) electrons. The average Bonchev–Trinajstić information content (AvgIpc) is 3.24. The molecule has 0 aliphatic rings. The van der Waals surface area contributed by atoms with E-state index in [9.17, 15) is 8.42 Å². The van der Waals surface area contributed by atoms with Gasteiger partial charge in [0.05, 0.1) is 49.5 Å². The predicted molar refractivity (Wildman–Crippen MR) is 130 cm³/mol. The molecule has 33 heavy (non-hydrogen) atoms. The number of nitrogens with one attached hydrogen (secondary N) is 1. The van der Waals surface area contributed by atoms with Crippen molar-refractivity contribution in [2.45, 2.75) is 11.4 Å². The number of sulfonamides is 1. The van der Waals surface area contributed by atoms with Crippen molar-refractivity contribution in [3.8, 4) is 17.2 Å². The number of halogens is 1. The molecule has 4 rings (SSSR count). The summed E-state index contributed by atoms with van der Waals surface area (Å²) >= 11 is 3.35. The molecule has 0 saturated carbocycles. The maximum absolute atomic E-state index is 13.8. The lowest BCUT2D eigenvalue weighted by Gasteiger charge is -2.25. The highest BCUT2D eigenvalue weighted by molar-refractivity contribution is 9.10. The van der Waals surface area contributed by atoms with Crippen LogP contribution in [0.4, 0.5) is 5.69 Å². The summed E-state index contributed by atoms with van der Waals surface area (Å²) in [6.07, 6.45) is 0. The number of rotatable bonds is 8. The standard InChI is InChI=1S/C23H22BrN3O5S/c1-30-20-12-16(13-21(31-2)23(20)32-3)27(33(28,29)17-10-8-15(24)9-11-17)14-22-25-18-6-4-5-7-19(18)26-22/h4-13H,14H2,1-3H3,(H,25,26). The van der Waals surface area contributed by atoms with E-state index in [0.29, 0.717) is 28.8 Å². The minimum atomic E-state index is -3.98. The number of imidazole rings is 1. The number of para-hydroxylation sites is 2. The first-order valence-electron chi connectivity index (χ1n) is 9.89. The molecule has 0 unspecified atom stereocenters. The molecule has 0 spiro atoms. The summed E-state index contributed by atoms with van der Waals surface area (Å²) in [5, 5.41) is 0. The Balaban J connectivity index is 1.88. The van der Waals surface area contributed by atoms with Gasteiger partial charge in [0.2, 0.25) is 5.75 Å². The quantitative estimate of drug-likeness (QED) is 0.352. The minimum Gasteiger partial charge on any atom is -0.493 e. The highest BCUT2D eigenvalue weighted by atomic mass is 79.9. The summed E-state index contributed by atoms with van der Waals surface area (Å²) in [5.74, 6) is 1.54. The van der Waals surface area contributed by atoms with E-state index < -0.39 is 10.0 Å². The highest BCUT2D eigenvalue weighted by Crippen LogP contribution is 2.42. The van der Waals surface area contributed by atoms with Gasteiger partial charge in [-0.05, 0) is 36.4 Å². The fraction of sp³-hybridized carbons (Fsp3) is 0.174. The number of aromatic nitrogens is 2. The van der Waals surface area contributed by atoms with Crippen LogP contribution in [0.25, 0.3) is 11.0 Å². The second-order valence-corrected chi connectivity index (χ2v) is 9.83. The number of methoxy groups -OCH3 is 3. The second kappa shape index (κ2) is 9.32. The van der Waals surface area contributed by atoms with E-state index in [1.54, 1.807) is 36.4 Å². The van der Waals surface area contributed by atoms with Gasteiger partial charge in [-0.1, -0.05) is 28.1 Å². The van der Waals surface area contributed by atoms with Gasteiger partial charge in [0.25, 0.3) is 10.0 Å². The number of benzene rings is 3. The lowest BCUT2D eigenvalue weighted by Crippen LogP contribution is -2.31. The fourth-order valence-electron chi connectivity index (χ4n) is 3.48. The number of nitrogens with zero attached hydrogens (tertiary/aromatic N) is 2. The third-order valence-electron chi connectivity index (χ3n) is 5.07. The normalized spacial score (nSPS) is 11.4. The molecule has 1 heterocycles. The first-order chi connectivity index (χ1) is 15.9. The molecule has 10 heteroatoms. The fourth-order valence-corrected chi connectivity index (χ4v) is 5.15. The van der Waals surface area contributed by atoms with Crippen molar-refractivity contribution in [1.82, 2.24) is 9.97 Å². The molecule has 0 atom stereocenters. The first kappa shape index (κ1) is 22.9. The van der Waals surface area contributed by atoms with Crippen molar-refractivity contribution < 1.29 is 22.6 Å². The van der Waals surface area contributed by atoms with Crippen LogP contribution in [-0.2, 0) is 16.6 Å². The minimum absolute atomic E-state index is 0.0360. The van der Waals surface area contributed by atoms with Gasteiger partial charge in [-0.25, -0.2) is 13.4 Å². The van der Waals surface area contributed by atoms with Gasteiger partial charge in [-0.15, -0.1) is 0 Å².